The number of piperazine rings is 1. The van der Waals surface area contributed by atoms with Crippen LogP contribution >= 0.6 is 31.9 Å². The van der Waals surface area contributed by atoms with Crippen LogP contribution < -0.4 is 5.32 Å². The Morgan fingerprint density at radius 2 is 2.11 bits per heavy atom. The third-order valence-corrected chi connectivity index (χ3v) is 6.18. The summed E-state index contributed by atoms with van der Waals surface area (Å²) in [7, 11) is -3.42. The molecule has 18 heavy (non-hydrogen) atoms. The molecule has 1 unspecified atom stereocenters. The van der Waals surface area contributed by atoms with Gasteiger partial charge in [0.25, 0.3) is 0 Å². The number of halogens is 2. The van der Waals surface area contributed by atoms with Gasteiger partial charge in [-0.25, -0.2) is 8.42 Å². The van der Waals surface area contributed by atoms with Crippen molar-refractivity contribution < 1.29 is 8.42 Å². The third-order valence-electron chi connectivity index (χ3n) is 2.84. The summed E-state index contributed by atoms with van der Waals surface area (Å²) in [6.45, 7) is 3.69. The average molecular weight is 398 g/mol. The maximum absolute atomic E-state index is 12.5. The van der Waals surface area contributed by atoms with Crippen molar-refractivity contribution in [2.45, 2.75) is 17.9 Å². The minimum Gasteiger partial charge on any atom is -0.312 e. The van der Waals surface area contributed by atoms with Crippen LogP contribution in [-0.4, -0.2) is 38.4 Å². The molecule has 2 rings (SSSR count). The summed E-state index contributed by atoms with van der Waals surface area (Å²) in [5, 5.41) is 3.23. The minimum atomic E-state index is -3.42. The molecule has 0 spiro atoms. The summed E-state index contributed by atoms with van der Waals surface area (Å²) < 4.78 is 28.0. The van der Waals surface area contributed by atoms with Crippen molar-refractivity contribution in [3.63, 3.8) is 0 Å². The van der Waals surface area contributed by atoms with Crippen LogP contribution in [0.1, 0.15) is 6.92 Å². The van der Waals surface area contributed by atoms with E-state index in [1.54, 1.807) is 18.2 Å². The van der Waals surface area contributed by atoms with Gasteiger partial charge < -0.3 is 5.32 Å². The Morgan fingerprint density at radius 3 is 2.72 bits per heavy atom. The highest BCUT2D eigenvalue weighted by Gasteiger charge is 2.29. The first-order valence-corrected chi connectivity index (χ1v) is 8.62. The van der Waals surface area contributed by atoms with E-state index in [0.717, 1.165) is 4.47 Å². The van der Waals surface area contributed by atoms with Gasteiger partial charge in [0.15, 0.2) is 0 Å². The fourth-order valence-corrected chi connectivity index (χ4v) is 5.17. The van der Waals surface area contributed by atoms with Gasteiger partial charge >= 0.3 is 0 Å². The van der Waals surface area contributed by atoms with Gasteiger partial charge in [-0.3, -0.25) is 0 Å². The summed E-state index contributed by atoms with van der Waals surface area (Å²) in [6, 6.07) is 5.29. The van der Waals surface area contributed by atoms with Gasteiger partial charge in [0, 0.05) is 34.6 Å². The molecule has 1 aromatic carbocycles. The molecular formula is C11H14Br2N2O2S. The van der Waals surface area contributed by atoms with Crippen LogP contribution in [0.15, 0.2) is 32.0 Å². The van der Waals surface area contributed by atoms with Crippen LogP contribution in [-0.2, 0) is 10.0 Å². The number of sulfonamides is 1. The number of hydrogen-bond donors (Lipinski definition) is 1. The number of nitrogens with zero attached hydrogens (tertiary/aromatic N) is 1. The molecule has 1 aliphatic heterocycles. The van der Waals surface area contributed by atoms with Gasteiger partial charge in [0.05, 0.1) is 4.90 Å². The largest absolute Gasteiger partial charge is 0.312 e. The Labute approximate surface area is 124 Å². The smallest absolute Gasteiger partial charge is 0.244 e. The Balaban J connectivity index is 2.35. The Kier molecular flexibility index (Phi) is 4.48. The van der Waals surface area contributed by atoms with Crippen LogP contribution in [0.2, 0.25) is 0 Å². The van der Waals surface area contributed by atoms with Gasteiger partial charge in [0.1, 0.15) is 0 Å². The molecular weight excluding hydrogens is 384 g/mol. The average Bonchev–Trinajstić information content (AvgIpc) is 2.28. The molecule has 1 heterocycles. The summed E-state index contributed by atoms with van der Waals surface area (Å²) in [4.78, 5) is 0.319. The van der Waals surface area contributed by atoms with E-state index in [0.29, 0.717) is 29.0 Å². The lowest BCUT2D eigenvalue weighted by molar-refractivity contribution is 0.310. The van der Waals surface area contributed by atoms with Crippen LogP contribution in [0.3, 0.4) is 0 Å². The van der Waals surface area contributed by atoms with Crippen LogP contribution in [0.25, 0.3) is 0 Å². The number of benzene rings is 1. The van der Waals surface area contributed by atoms with E-state index >= 15 is 0 Å². The Morgan fingerprint density at radius 1 is 1.39 bits per heavy atom. The Bertz CT molecular complexity index is 548. The van der Waals surface area contributed by atoms with Gasteiger partial charge in [-0.2, -0.15) is 4.31 Å². The molecule has 0 aliphatic carbocycles. The lowest BCUT2D eigenvalue weighted by atomic mass is 10.3. The van der Waals surface area contributed by atoms with Crippen molar-refractivity contribution in [2.75, 3.05) is 19.6 Å². The zero-order chi connectivity index (χ0) is 13.3. The first kappa shape index (κ1) is 14.5. The lowest BCUT2D eigenvalue weighted by Gasteiger charge is -2.31. The molecule has 0 saturated carbocycles. The second-order valence-corrected chi connectivity index (χ2v) is 7.97. The maximum atomic E-state index is 12.5. The van der Waals surface area contributed by atoms with E-state index < -0.39 is 10.0 Å². The lowest BCUT2D eigenvalue weighted by Crippen LogP contribution is -2.51. The Hall–Kier alpha value is 0.0500. The second-order valence-electron chi connectivity index (χ2n) is 4.29. The van der Waals surface area contributed by atoms with Gasteiger partial charge in [0.2, 0.25) is 10.0 Å². The summed E-state index contributed by atoms with van der Waals surface area (Å²) >= 11 is 6.63. The third kappa shape index (κ3) is 2.96. The first-order valence-electron chi connectivity index (χ1n) is 5.60. The first-order chi connectivity index (χ1) is 8.41. The maximum Gasteiger partial charge on any atom is 0.244 e. The number of rotatable bonds is 2. The van der Waals surface area contributed by atoms with E-state index in [1.165, 1.54) is 4.31 Å². The molecule has 4 nitrogen and oxygen atoms in total. The van der Waals surface area contributed by atoms with Gasteiger partial charge in [-0.1, -0.05) is 15.9 Å². The van der Waals surface area contributed by atoms with E-state index in [-0.39, 0.29) is 6.04 Å². The zero-order valence-corrected chi connectivity index (χ0v) is 13.8. The standard InChI is InChI=1S/C11H14Br2N2O2S/c1-8-7-15(5-4-14-8)18(16,17)11-3-2-9(12)6-10(11)13/h2-3,6,8,14H,4-5,7H2,1H3. The predicted molar refractivity (Wildman–Crippen MR) is 78.1 cm³/mol. The van der Waals surface area contributed by atoms with E-state index in [9.17, 15) is 8.42 Å². The molecule has 0 aromatic heterocycles. The minimum absolute atomic E-state index is 0.183. The highest BCUT2D eigenvalue weighted by atomic mass is 79.9. The molecule has 0 bridgehead atoms. The van der Waals surface area contributed by atoms with E-state index in [2.05, 4.69) is 37.2 Å². The SMILES string of the molecule is CC1CN(S(=O)(=O)c2ccc(Br)cc2Br)CCN1. The second kappa shape index (κ2) is 5.58. The van der Waals surface area contributed by atoms with Crippen molar-refractivity contribution in [3.05, 3.63) is 27.1 Å². The molecule has 7 heteroatoms. The molecule has 100 valence electrons. The summed E-state index contributed by atoms with van der Waals surface area (Å²) in [6.07, 6.45) is 0. The normalized spacial score (nSPS) is 22.1. The van der Waals surface area contributed by atoms with Crippen molar-refractivity contribution in [3.8, 4) is 0 Å². The molecule has 1 aromatic rings. The fraction of sp³-hybridized carbons (Fsp3) is 0.455. The topological polar surface area (TPSA) is 49.4 Å². The van der Waals surface area contributed by atoms with Crippen molar-refractivity contribution in [1.82, 2.24) is 9.62 Å². The van der Waals surface area contributed by atoms with Gasteiger partial charge in [-0.15, -0.1) is 0 Å². The molecule has 1 saturated heterocycles. The van der Waals surface area contributed by atoms with Crippen molar-refractivity contribution in [2.24, 2.45) is 0 Å². The van der Waals surface area contributed by atoms with Crippen molar-refractivity contribution in [1.29, 1.82) is 0 Å². The monoisotopic (exact) mass is 396 g/mol. The van der Waals surface area contributed by atoms with E-state index in [1.807, 2.05) is 6.92 Å². The predicted octanol–water partition coefficient (Wildman–Crippen LogP) is 2.19. The molecule has 1 atom stereocenters. The zero-order valence-electron chi connectivity index (χ0n) is 9.86. The quantitative estimate of drug-likeness (QED) is 0.832. The van der Waals surface area contributed by atoms with Gasteiger partial charge in [-0.05, 0) is 41.1 Å². The summed E-state index contributed by atoms with van der Waals surface area (Å²) in [5.41, 5.74) is 0. The van der Waals surface area contributed by atoms with Crippen LogP contribution in [0, 0.1) is 0 Å². The highest BCUT2D eigenvalue weighted by Crippen LogP contribution is 2.28. The van der Waals surface area contributed by atoms with Crippen LogP contribution in [0.5, 0.6) is 0 Å². The fourth-order valence-electron chi connectivity index (χ4n) is 1.94. The molecule has 0 radical (unpaired) electrons. The number of nitrogens with one attached hydrogen (secondary N) is 1. The van der Waals surface area contributed by atoms with Crippen molar-refractivity contribution >= 4 is 41.9 Å². The molecule has 1 fully saturated rings. The summed E-state index contributed by atoms with van der Waals surface area (Å²) in [5.74, 6) is 0. The highest BCUT2D eigenvalue weighted by molar-refractivity contribution is 9.11. The molecule has 1 aliphatic rings. The molecule has 0 amide bonds. The molecule has 1 N–H and O–H groups in total. The van der Waals surface area contributed by atoms with E-state index in [4.69, 9.17) is 0 Å². The van der Waals surface area contributed by atoms with Crippen LogP contribution in [0.4, 0.5) is 0 Å². The number of hydrogen-bond acceptors (Lipinski definition) is 3.